The minimum Gasteiger partial charge on any atom is -0.351 e. The second-order valence-electron chi connectivity index (χ2n) is 7.05. The van der Waals surface area contributed by atoms with Crippen LogP contribution < -0.4 is 4.90 Å². The van der Waals surface area contributed by atoms with Crippen LogP contribution in [0.25, 0.3) is 11.0 Å². The van der Waals surface area contributed by atoms with Crippen molar-refractivity contribution in [3.63, 3.8) is 0 Å². The van der Waals surface area contributed by atoms with E-state index in [2.05, 4.69) is 42.9 Å². The molecule has 0 saturated carbocycles. The van der Waals surface area contributed by atoms with Gasteiger partial charge in [-0.3, -0.25) is 0 Å². The fourth-order valence-corrected chi connectivity index (χ4v) is 6.00. The van der Waals surface area contributed by atoms with Crippen molar-refractivity contribution in [1.29, 1.82) is 0 Å². The van der Waals surface area contributed by atoms with Crippen molar-refractivity contribution in [2.24, 2.45) is 0 Å². The molecule has 0 fully saturated rings. The Hall–Kier alpha value is -2.42. The van der Waals surface area contributed by atoms with E-state index >= 15 is 0 Å². The molecule has 0 radical (unpaired) electrons. The average Bonchev–Trinajstić information content (AvgIpc) is 3.10. The van der Waals surface area contributed by atoms with Gasteiger partial charge in [-0.1, -0.05) is 42.5 Å². The Morgan fingerprint density at radius 2 is 1.67 bits per heavy atom. The number of halogens is 2. The van der Waals surface area contributed by atoms with Gasteiger partial charge in [-0.05, 0) is 57.2 Å². The first-order valence-corrected chi connectivity index (χ1v) is 11.9. The van der Waals surface area contributed by atoms with E-state index < -0.39 is 10.0 Å². The number of fused-ring (bicyclic) bond motifs is 2. The van der Waals surface area contributed by atoms with Crippen molar-refractivity contribution in [2.75, 3.05) is 11.4 Å². The minimum absolute atomic E-state index is 0.00599. The first kappa shape index (κ1) is 19.5. The Bertz CT molecular complexity index is 1370. The second kappa shape index (κ2) is 7.37. The molecule has 6 nitrogen and oxygen atoms in total. The highest BCUT2D eigenvalue weighted by Gasteiger charge is 2.27. The van der Waals surface area contributed by atoms with Crippen molar-refractivity contribution in [3.8, 4) is 0 Å². The lowest BCUT2D eigenvalue weighted by Crippen LogP contribution is -2.31. The van der Waals surface area contributed by atoms with E-state index in [-0.39, 0.29) is 15.8 Å². The molecule has 0 unspecified atom stereocenters. The summed E-state index contributed by atoms with van der Waals surface area (Å²) < 4.78 is 28.3. The van der Waals surface area contributed by atoms with E-state index in [1.165, 1.54) is 17.3 Å². The third kappa shape index (κ3) is 3.19. The van der Waals surface area contributed by atoms with Crippen LogP contribution in [0.2, 0.25) is 5.28 Å². The van der Waals surface area contributed by atoms with Crippen LogP contribution in [0.15, 0.2) is 70.2 Å². The Morgan fingerprint density at radius 1 is 0.967 bits per heavy atom. The number of hydrogen-bond acceptors (Lipinski definition) is 5. The molecule has 0 aliphatic carbocycles. The zero-order valence-corrected chi connectivity index (χ0v) is 18.8. The molecule has 0 spiro atoms. The van der Waals surface area contributed by atoms with Gasteiger partial charge in [-0.25, -0.2) is 12.4 Å². The predicted molar refractivity (Wildman–Crippen MR) is 120 cm³/mol. The molecular weight excluding hydrogens is 488 g/mol. The SMILES string of the molecule is O=S(=O)(c1ccccc1)n1cc(Br)c2c(N3CCc4ccccc4C3)nc(Cl)nc21. The fraction of sp³-hybridized carbons (Fsp3) is 0.143. The molecule has 9 heteroatoms. The van der Waals surface area contributed by atoms with Crippen molar-refractivity contribution in [3.05, 3.63) is 81.7 Å². The standard InChI is InChI=1S/C21H16BrClN4O2S/c22-17-13-27(30(28,29)16-8-2-1-3-9-16)20-18(17)19(24-21(23)25-20)26-11-10-14-6-4-5-7-15(14)12-26/h1-9,13H,10-12H2. The van der Waals surface area contributed by atoms with Gasteiger partial charge in [0.25, 0.3) is 10.0 Å². The molecular formula is C21H16BrClN4O2S. The van der Waals surface area contributed by atoms with E-state index in [1.807, 2.05) is 12.1 Å². The van der Waals surface area contributed by atoms with Gasteiger partial charge in [0, 0.05) is 23.8 Å². The molecule has 0 N–H and O–H groups in total. The molecule has 0 bridgehead atoms. The van der Waals surface area contributed by atoms with Crippen molar-refractivity contribution < 1.29 is 8.42 Å². The molecule has 5 rings (SSSR count). The van der Waals surface area contributed by atoms with Crippen molar-refractivity contribution in [1.82, 2.24) is 13.9 Å². The fourth-order valence-electron chi connectivity index (χ4n) is 3.81. The molecule has 0 atom stereocenters. The lowest BCUT2D eigenvalue weighted by atomic mass is 10.00. The second-order valence-corrected chi connectivity index (χ2v) is 10.1. The molecule has 2 aromatic heterocycles. The summed E-state index contributed by atoms with van der Waals surface area (Å²) in [5.74, 6) is 0.619. The van der Waals surface area contributed by atoms with Crippen LogP contribution >= 0.6 is 27.5 Å². The summed E-state index contributed by atoms with van der Waals surface area (Å²) in [7, 11) is -3.84. The maximum absolute atomic E-state index is 13.2. The lowest BCUT2D eigenvalue weighted by molar-refractivity contribution is 0.588. The van der Waals surface area contributed by atoms with Gasteiger partial charge >= 0.3 is 0 Å². The van der Waals surface area contributed by atoms with Crippen LogP contribution in [0.1, 0.15) is 11.1 Å². The molecule has 152 valence electrons. The zero-order chi connectivity index (χ0) is 20.9. The molecule has 0 saturated heterocycles. The smallest absolute Gasteiger partial charge is 0.269 e. The van der Waals surface area contributed by atoms with Gasteiger partial charge in [-0.15, -0.1) is 0 Å². The number of anilines is 1. The summed E-state index contributed by atoms with van der Waals surface area (Å²) in [6.07, 6.45) is 2.39. The highest BCUT2D eigenvalue weighted by molar-refractivity contribution is 9.10. The van der Waals surface area contributed by atoms with Crippen LogP contribution in [0.4, 0.5) is 5.82 Å². The maximum atomic E-state index is 13.2. The van der Waals surface area contributed by atoms with Gasteiger partial charge in [0.05, 0.1) is 10.3 Å². The van der Waals surface area contributed by atoms with Crippen LogP contribution in [0.5, 0.6) is 0 Å². The number of nitrogens with zero attached hydrogens (tertiary/aromatic N) is 4. The lowest BCUT2D eigenvalue weighted by Gasteiger charge is -2.30. The largest absolute Gasteiger partial charge is 0.351 e. The third-order valence-corrected chi connectivity index (χ3v) is 7.69. The number of rotatable bonds is 3. The Kier molecular flexibility index (Phi) is 4.80. The monoisotopic (exact) mass is 502 g/mol. The first-order valence-electron chi connectivity index (χ1n) is 9.31. The molecule has 1 aliphatic rings. The summed E-state index contributed by atoms with van der Waals surface area (Å²) in [6, 6.07) is 16.5. The van der Waals surface area contributed by atoms with Gasteiger partial charge in [0.1, 0.15) is 5.82 Å². The summed E-state index contributed by atoms with van der Waals surface area (Å²) >= 11 is 9.77. The van der Waals surface area contributed by atoms with E-state index in [0.717, 1.165) is 16.9 Å². The Balaban J connectivity index is 1.68. The first-order chi connectivity index (χ1) is 14.4. The highest BCUT2D eigenvalue weighted by Crippen LogP contribution is 2.37. The summed E-state index contributed by atoms with van der Waals surface area (Å²) in [6.45, 7) is 1.42. The van der Waals surface area contributed by atoms with Crippen LogP contribution in [0, 0.1) is 0 Å². The van der Waals surface area contributed by atoms with E-state index in [9.17, 15) is 8.42 Å². The van der Waals surface area contributed by atoms with Crippen molar-refractivity contribution in [2.45, 2.75) is 17.9 Å². The summed E-state index contributed by atoms with van der Waals surface area (Å²) in [5.41, 5.74) is 2.78. The zero-order valence-electron chi connectivity index (χ0n) is 15.7. The average molecular weight is 504 g/mol. The third-order valence-electron chi connectivity index (χ3n) is 5.25. The predicted octanol–water partition coefficient (Wildman–Crippen LogP) is 4.65. The van der Waals surface area contributed by atoms with Crippen LogP contribution in [0.3, 0.4) is 0 Å². The van der Waals surface area contributed by atoms with E-state index in [0.29, 0.717) is 22.2 Å². The maximum Gasteiger partial charge on any atom is 0.269 e. The van der Waals surface area contributed by atoms with Gasteiger partial charge in [-0.2, -0.15) is 9.97 Å². The van der Waals surface area contributed by atoms with Gasteiger partial charge < -0.3 is 4.90 Å². The number of aromatic nitrogens is 3. The quantitative estimate of drug-likeness (QED) is 0.381. The van der Waals surface area contributed by atoms with Crippen LogP contribution in [-0.4, -0.2) is 28.9 Å². The normalized spacial score (nSPS) is 14.1. The van der Waals surface area contributed by atoms with E-state index in [1.54, 1.807) is 30.3 Å². The molecule has 1 aliphatic heterocycles. The van der Waals surface area contributed by atoms with E-state index in [4.69, 9.17) is 11.6 Å². The topological polar surface area (TPSA) is 68.1 Å². The number of benzene rings is 2. The van der Waals surface area contributed by atoms with Crippen molar-refractivity contribution >= 4 is 54.4 Å². The molecule has 4 aromatic rings. The molecule has 30 heavy (non-hydrogen) atoms. The van der Waals surface area contributed by atoms with Crippen LogP contribution in [-0.2, 0) is 23.0 Å². The van der Waals surface area contributed by atoms with Gasteiger partial charge in [0.15, 0.2) is 5.65 Å². The highest BCUT2D eigenvalue weighted by atomic mass is 79.9. The summed E-state index contributed by atoms with van der Waals surface area (Å²) in [5, 5.41) is 0.629. The molecule has 2 aromatic carbocycles. The van der Waals surface area contributed by atoms with Gasteiger partial charge in [0.2, 0.25) is 5.28 Å². The summed E-state index contributed by atoms with van der Waals surface area (Å²) in [4.78, 5) is 11.0. The number of hydrogen-bond donors (Lipinski definition) is 0. The molecule has 3 heterocycles. The minimum atomic E-state index is -3.84. The Morgan fingerprint density at radius 3 is 2.43 bits per heavy atom. The molecule has 0 amide bonds. The Labute approximate surface area is 187 Å².